The van der Waals surface area contributed by atoms with Gasteiger partial charge in [0.2, 0.25) is 5.91 Å². The minimum absolute atomic E-state index is 0.0977. The van der Waals surface area contributed by atoms with Gasteiger partial charge in [0.1, 0.15) is 0 Å². The molecular weight excluding hydrogens is 262 g/mol. The average Bonchev–Trinajstić information content (AvgIpc) is 2.42. The molecule has 2 heterocycles. The van der Waals surface area contributed by atoms with Crippen molar-refractivity contribution >= 4 is 11.6 Å². The number of anilines is 1. The minimum atomic E-state index is 0.0977. The smallest absolute Gasteiger partial charge is 0.224 e. The Balaban J connectivity index is 1.57. The van der Waals surface area contributed by atoms with Crippen molar-refractivity contribution in [3.05, 3.63) is 29.8 Å². The van der Waals surface area contributed by atoms with Crippen LogP contribution in [0.5, 0.6) is 0 Å². The monoisotopic (exact) mass is 287 g/mol. The van der Waals surface area contributed by atoms with Crippen molar-refractivity contribution in [2.45, 2.75) is 56.7 Å². The molecular formula is C17H25N3O. The summed E-state index contributed by atoms with van der Waals surface area (Å²) in [4.78, 5) is 14.8. The molecule has 3 rings (SSSR count). The van der Waals surface area contributed by atoms with Gasteiger partial charge in [-0.2, -0.15) is 0 Å². The van der Waals surface area contributed by atoms with Crippen LogP contribution in [0.1, 0.15) is 37.7 Å². The van der Waals surface area contributed by atoms with Crippen molar-refractivity contribution in [3.8, 4) is 0 Å². The van der Waals surface area contributed by atoms with Gasteiger partial charge >= 0.3 is 0 Å². The van der Waals surface area contributed by atoms with Crippen molar-refractivity contribution in [1.82, 2.24) is 10.2 Å². The summed E-state index contributed by atoms with van der Waals surface area (Å²) in [7, 11) is 2.23. The Morgan fingerprint density at radius 3 is 2.62 bits per heavy atom. The van der Waals surface area contributed by atoms with Crippen LogP contribution in [0.3, 0.4) is 0 Å². The Kier molecular flexibility index (Phi) is 4.15. The predicted octanol–water partition coefficient (Wildman–Crippen LogP) is 1.94. The van der Waals surface area contributed by atoms with E-state index in [1.807, 2.05) is 24.3 Å². The van der Waals surface area contributed by atoms with Gasteiger partial charge in [0, 0.05) is 23.8 Å². The molecule has 2 bridgehead atoms. The SMILES string of the molecule is CN1C2CCCC1CC(NC(=O)Cc1ccccc1N)C2. The highest BCUT2D eigenvalue weighted by Crippen LogP contribution is 2.32. The van der Waals surface area contributed by atoms with Crippen molar-refractivity contribution in [1.29, 1.82) is 0 Å². The van der Waals surface area contributed by atoms with Gasteiger partial charge in [0.05, 0.1) is 6.42 Å². The third kappa shape index (κ3) is 3.21. The number of nitrogens with zero attached hydrogens (tertiary/aromatic N) is 1. The fourth-order valence-electron chi connectivity index (χ4n) is 3.88. The highest BCUT2D eigenvalue weighted by Gasteiger charge is 2.36. The van der Waals surface area contributed by atoms with Crippen LogP contribution in [0.2, 0.25) is 0 Å². The molecule has 1 aromatic carbocycles. The number of nitrogen functional groups attached to an aromatic ring is 1. The second-order valence-corrected chi connectivity index (χ2v) is 6.52. The minimum Gasteiger partial charge on any atom is -0.398 e. The lowest BCUT2D eigenvalue weighted by Gasteiger charge is -2.47. The Morgan fingerprint density at radius 2 is 1.95 bits per heavy atom. The first-order chi connectivity index (χ1) is 10.1. The van der Waals surface area contributed by atoms with Crippen molar-refractivity contribution in [2.75, 3.05) is 12.8 Å². The van der Waals surface area contributed by atoms with E-state index in [1.54, 1.807) is 0 Å². The first kappa shape index (κ1) is 14.4. The summed E-state index contributed by atoms with van der Waals surface area (Å²) in [6.45, 7) is 0. The number of nitrogens with one attached hydrogen (secondary N) is 1. The Morgan fingerprint density at radius 1 is 1.29 bits per heavy atom. The molecule has 2 aliphatic heterocycles. The zero-order valence-corrected chi connectivity index (χ0v) is 12.7. The van der Waals surface area contributed by atoms with Crippen LogP contribution >= 0.6 is 0 Å². The first-order valence-electron chi connectivity index (χ1n) is 7.98. The summed E-state index contributed by atoms with van der Waals surface area (Å²) >= 11 is 0. The number of rotatable bonds is 3. The number of hydrogen-bond acceptors (Lipinski definition) is 3. The van der Waals surface area contributed by atoms with Crippen LogP contribution in [-0.2, 0) is 11.2 Å². The van der Waals surface area contributed by atoms with Gasteiger partial charge in [-0.05, 0) is 44.4 Å². The molecule has 0 aromatic heterocycles. The highest BCUT2D eigenvalue weighted by atomic mass is 16.1. The molecule has 1 aromatic rings. The summed E-state index contributed by atoms with van der Waals surface area (Å²) in [6.07, 6.45) is 6.43. The van der Waals surface area contributed by atoms with E-state index in [-0.39, 0.29) is 5.91 Å². The van der Waals surface area contributed by atoms with Gasteiger partial charge in [-0.15, -0.1) is 0 Å². The van der Waals surface area contributed by atoms with Crippen LogP contribution in [0.15, 0.2) is 24.3 Å². The van der Waals surface area contributed by atoms with E-state index in [0.717, 1.165) is 18.4 Å². The number of para-hydroxylation sites is 1. The molecule has 3 N–H and O–H groups in total. The molecule has 1 amide bonds. The normalized spacial score (nSPS) is 29.1. The maximum absolute atomic E-state index is 12.3. The molecule has 2 atom stereocenters. The predicted molar refractivity (Wildman–Crippen MR) is 84.9 cm³/mol. The molecule has 21 heavy (non-hydrogen) atoms. The molecule has 2 unspecified atom stereocenters. The molecule has 2 fully saturated rings. The van der Waals surface area contributed by atoms with Crippen LogP contribution in [0, 0.1) is 0 Å². The van der Waals surface area contributed by atoms with E-state index in [4.69, 9.17) is 5.73 Å². The van der Waals surface area contributed by atoms with E-state index >= 15 is 0 Å². The lowest BCUT2D eigenvalue weighted by molar-refractivity contribution is -0.121. The maximum atomic E-state index is 12.3. The summed E-state index contributed by atoms with van der Waals surface area (Å²) < 4.78 is 0. The summed E-state index contributed by atoms with van der Waals surface area (Å²) in [5.41, 5.74) is 7.53. The average molecular weight is 287 g/mol. The molecule has 0 aliphatic carbocycles. The third-order valence-electron chi connectivity index (χ3n) is 5.11. The van der Waals surface area contributed by atoms with Gasteiger partial charge in [0.15, 0.2) is 0 Å². The van der Waals surface area contributed by atoms with Gasteiger partial charge in [0.25, 0.3) is 0 Å². The Hall–Kier alpha value is -1.55. The Bertz CT molecular complexity index is 503. The quantitative estimate of drug-likeness (QED) is 0.835. The van der Waals surface area contributed by atoms with Crippen LogP contribution < -0.4 is 11.1 Å². The van der Waals surface area contributed by atoms with Crippen LogP contribution in [0.4, 0.5) is 5.69 Å². The number of carbonyl (C=O) groups excluding carboxylic acids is 1. The molecule has 114 valence electrons. The standard InChI is InChI=1S/C17H25N3O/c1-20-14-6-4-7-15(20)11-13(10-14)19-17(21)9-12-5-2-3-8-16(12)18/h2-3,5,8,13-15H,4,6-7,9-11,18H2,1H3,(H,19,21). The fourth-order valence-corrected chi connectivity index (χ4v) is 3.88. The molecule has 4 nitrogen and oxygen atoms in total. The Labute approximate surface area is 126 Å². The molecule has 4 heteroatoms. The van der Waals surface area contributed by atoms with Gasteiger partial charge in [-0.25, -0.2) is 0 Å². The van der Waals surface area contributed by atoms with E-state index in [9.17, 15) is 4.79 Å². The number of amides is 1. The number of piperidine rings is 2. The summed E-state index contributed by atoms with van der Waals surface area (Å²) in [5, 5.41) is 3.22. The maximum Gasteiger partial charge on any atom is 0.224 e. The van der Waals surface area contributed by atoms with Gasteiger partial charge in [-0.1, -0.05) is 24.6 Å². The van der Waals surface area contributed by atoms with E-state index in [2.05, 4.69) is 17.3 Å². The fraction of sp³-hybridized carbons (Fsp3) is 0.588. The zero-order chi connectivity index (χ0) is 14.8. The molecule has 2 aliphatic rings. The zero-order valence-electron chi connectivity index (χ0n) is 12.7. The van der Waals surface area contributed by atoms with Crippen LogP contribution in [-0.4, -0.2) is 36.0 Å². The first-order valence-corrected chi connectivity index (χ1v) is 7.98. The van der Waals surface area contributed by atoms with E-state index in [0.29, 0.717) is 30.2 Å². The summed E-state index contributed by atoms with van der Waals surface area (Å²) in [5.74, 6) is 0.0977. The number of fused-ring (bicyclic) bond motifs is 2. The molecule has 0 radical (unpaired) electrons. The lowest BCUT2D eigenvalue weighted by atomic mass is 9.82. The van der Waals surface area contributed by atoms with Crippen molar-refractivity contribution in [3.63, 3.8) is 0 Å². The lowest BCUT2D eigenvalue weighted by Crippen LogP contribution is -2.55. The van der Waals surface area contributed by atoms with Crippen molar-refractivity contribution < 1.29 is 4.79 Å². The summed E-state index contributed by atoms with van der Waals surface area (Å²) in [6, 6.07) is 9.22. The van der Waals surface area contributed by atoms with Crippen molar-refractivity contribution in [2.24, 2.45) is 0 Å². The number of carbonyl (C=O) groups is 1. The number of hydrogen-bond donors (Lipinski definition) is 2. The molecule has 0 saturated carbocycles. The second kappa shape index (κ2) is 6.06. The van der Waals surface area contributed by atoms with Gasteiger partial charge < -0.3 is 16.0 Å². The van der Waals surface area contributed by atoms with E-state index < -0.39 is 0 Å². The second-order valence-electron chi connectivity index (χ2n) is 6.52. The largest absolute Gasteiger partial charge is 0.398 e. The highest BCUT2D eigenvalue weighted by molar-refractivity contribution is 5.80. The molecule has 0 spiro atoms. The third-order valence-corrected chi connectivity index (χ3v) is 5.11. The van der Waals surface area contributed by atoms with Crippen LogP contribution in [0.25, 0.3) is 0 Å². The number of benzene rings is 1. The topological polar surface area (TPSA) is 58.4 Å². The molecule has 2 saturated heterocycles. The number of nitrogens with two attached hydrogens (primary N) is 1. The van der Waals surface area contributed by atoms with E-state index in [1.165, 1.54) is 19.3 Å². The van der Waals surface area contributed by atoms with Gasteiger partial charge in [-0.3, -0.25) is 4.79 Å².